The number of carbonyl (C=O) groups excluding carboxylic acids is 1. The number of aliphatic hydroxyl groups is 2. The monoisotopic (exact) mass is 373 g/mol. The van der Waals surface area contributed by atoms with E-state index in [1.54, 1.807) is 17.9 Å². The third kappa shape index (κ3) is 3.00. The number of fused-ring (bicyclic) bond motifs is 1. The lowest BCUT2D eigenvalue weighted by Gasteiger charge is -2.38. The highest BCUT2D eigenvalue weighted by molar-refractivity contribution is 5.91. The molecule has 1 fully saturated rings. The van der Waals surface area contributed by atoms with Crippen LogP contribution in [0.1, 0.15) is 29.4 Å². The van der Waals surface area contributed by atoms with Crippen LogP contribution in [0.5, 0.6) is 0 Å². The Morgan fingerprint density at radius 1 is 1.26 bits per heavy atom. The van der Waals surface area contributed by atoms with Crippen molar-refractivity contribution in [3.05, 3.63) is 31.0 Å². The second kappa shape index (κ2) is 6.93. The second-order valence-corrected chi connectivity index (χ2v) is 6.37. The highest BCUT2D eigenvalue weighted by atomic mass is 16.4. The predicted octanol–water partition coefficient (Wildman–Crippen LogP) is -0.289. The third-order valence-corrected chi connectivity index (χ3v) is 4.86. The standard InChI is InChI=1S/C16H19N7O4/c1-17-14-11-15(20-5-19-14)23(6-21-11)9-3-2-8(12(24)13(9)25)22-16(26)10-4-18-7-27-10/h4-9,12-13,24-25H,2-3H2,1H3,(H,22,26)(H,17,19,20)/t8-,9-,12-,13-/m1/s1. The molecular formula is C16H19N7O4. The Kier molecular flexibility index (Phi) is 4.46. The number of rotatable bonds is 4. The molecule has 0 aliphatic heterocycles. The number of carbonyl (C=O) groups is 1. The van der Waals surface area contributed by atoms with Crippen LogP contribution in [0.15, 0.2) is 29.7 Å². The molecule has 1 saturated carbocycles. The average Bonchev–Trinajstić information content (AvgIpc) is 3.35. The van der Waals surface area contributed by atoms with Crippen LogP contribution in [0.3, 0.4) is 0 Å². The first-order chi connectivity index (χ1) is 13.1. The lowest BCUT2D eigenvalue weighted by Crippen LogP contribution is -2.54. The van der Waals surface area contributed by atoms with Gasteiger partial charge in [0.1, 0.15) is 24.1 Å². The van der Waals surface area contributed by atoms with Gasteiger partial charge in [0.2, 0.25) is 5.76 Å². The van der Waals surface area contributed by atoms with E-state index in [1.165, 1.54) is 12.5 Å². The zero-order valence-electron chi connectivity index (χ0n) is 14.5. The molecule has 27 heavy (non-hydrogen) atoms. The van der Waals surface area contributed by atoms with Crippen LogP contribution in [0.25, 0.3) is 11.2 Å². The van der Waals surface area contributed by atoms with Gasteiger partial charge in [-0.1, -0.05) is 0 Å². The summed E-state index contributed by atoms with van der Waals surface area (Å²) < 4.78 is 6.69. The molecule has 11 heteroatoms. The summed E-state index contributed by atoms with van der Waals surface area (Å²) in [5, 5.41) is 26.8. The number of aliphatic hydroxyl groups excluding tert-OH is 2. The fourth-order valence-corrected chi connectivity index (χ4v) is 3.46. The number of nitrogens with zero attached hydrogens (tertiary/aromatic N) is 5. The van der Waals surface area contributed by atoms with Gasteiger partial charge in [0, 0.05) is 7.05 Å². The van der Waals surface area contributed by atoms with Gasteiger partial charge in [-0.2, -0.15) is 0 Å². The minimum atomic E-state index is -1.15. The summed E-state index contributed by atoms with van der Waals surface area (Å²) in [4.78, 5) is 28.5. The largest absolute Gasteiger partial charge is 0.438 e. The van der Waals surface area contributed by atoms with Crippen LogP contribution in [-0.2, 0) is 0 Å². The van der Waals surface area contributed by atoms with E-state index in [1.807, 2.05) is 0 Å². The highest BCUT2D eigenvalue weighted by Crippen LogP contribution is 2.32. The maximum absolute atomic E-state index is 12.1. The molecule has 1 aliphatic carbocycles. The van der Waals surface area contributed by atoms with E-state index in [4.69, 9.17) is 4.42 Å². The maximum Gasteiger partial charge on any atom is 0.289 e. The van der Waals surface area contributed by atoms with E-state index < -0.39 is 30.2 Å². The van der Waals surface area contributed by atoms with Crippen LogP contribution >= 0.6 is 0 Å². The zero-order chi connectivity index (χ0) is 19.0. The van der Waals surface area contributed by atoms with Gasteiger partial charge >= 0.3 is 0 Å². The molecule has 142 valence electrons. The molecule has 4 atom stereocenters. The van der Waals surface area contributed by atoms with Crippen molar-refractivity contribution in [2.75, 3.05) is 12.4 Å². The van der Waals surface area contributed by atoms with Gasteiger partial charge in [0.25, 0.3) is 5.91 Å². The summed E-state index contributed by atoms with van der Waals surface area (Å²) in [7, 11) is 1.74. The van der Waals surface area contributed by atoms with Crippen LogP contribution in [0.4, 0.5) is 5.82 Å². The molecule has 0 saturated heterocycles. The summed E-state index contributed by atoms with van der Waals surface area (Å²) in [6.45, 7) is 0. The van der Waals surface area contributed by atoms with Crippen molar-refractivity contribution in [2.45, 2.75) is 37.1 Å². The predicted molar refractivity (Wildman–Crippen MR) is 92.9 cm³/mol. The number of hydrogen-bond donors (Lipinski definition) is 4. The van der Waals surface area contributed by atoms with Crippen LogP contribution in [0, 0.1) is 0 Å². The Morgan fingerprint density at radius 2 is 2.11 bits per heavy atom. The van der Waals surface area contributed by atoms with Crippen LogP contribution in [-0.4, -0.2) is 65.9 Å². The summed E-state index contributed by atoms with van der Waals surface area (Å²) in [5.74, 6) is 0.152. The lowest BCUT2D eigenvalue weighted by atomic mass is 9.85. The molecule has 1 aliphatic rings. The highest BCUT2D eigenvalue weighted by Gasteiger charge is 2.40. The molecule has 11 nitrogen and oxygen atoms in total. The van der Waals surface area contributed by atoms with Crippen LogP contribution < -0.4 is 10.6 Å². The Bertz CT molecular complexity index is 942. The van der Waals surface area contributed by atoms with Crippen molar-refractivity contribution in [3.63, 3.8) is 0 Å². The van der Waals surface area contributed by atoms with E-state index in [0.29, 0.717) is 29.8 Å². The van der Waals surface area contributed by atoms with Gasteiger partial charge in [0.15, 0.2) is 17.9 Å². The molecule has 4 rings (SSSR count). The first-order valence-corrected chi connectivity index (χ1v) is 8.51. The van der Waals surface area contributed by atoms with Crippen molar-refractivity contribution in [2.24, 2.45) is 0 Å². The summed E-state index contributed by atoms with van der Waals surface area (Å²) in [5.41, 5.74) is 1.15. The normalized spacial score (nSPS) is 25.4. The van der Waals surface area contributed by atoms with E-state index in [0.717, 1.165) is 6.39 Å². The first kappa shape index (κ1) is 17.4. The van der Waals surface area contributed by atoms with Gasteiger partial charge < -0.3 is 29.8 Å². The van der Waals surface area contributed by atoms with Crippen molar-refractivity contribution < 1.29 is 19.4 Å². The molecule has 0 unspecified atom stereocenters. The average molecular weight is 373 g/mol. The molecule has 3 heterocycles. The van der Waals surface area contributed by atoms with Crippen molar-refractivity contribution in [3.8, 4) is 0 Å². The number of nitrogens with one attached hydrogen (secondary N) is 2. The SMILES string of the molecule is CNc1ncnc2c1ncn2[C@@H]1CC[C@@H](NC(=O)c2cnco2)[C@@H](O)[C@@H]1O. The second-order valence-electron chi connectivity index (χ2n) is 6.37. The third-order valence-electron chi connectivity index (χ3n) is 4.86. The molecule has 0 aromatic carbocycles. The number of amides is 1. The minimum absolute atomic E-state index is 0.0516. The van der Waals surface area contributed by atoms with Crippen molar-refractivity contribution in [1.29, 1.82) is 0 Å². The molecule has 1 amide bonds. The molecule has 4 N–H and O–H groups in total. The summed E-state index contributed by atoms with van der Waals surface area (Å²) >= 11 is 0. The Hall–Kier alpha value is -3.05. The van der Waals surface area contributed by atoms with E-state index >= 15 is 0 Å². The Balaban J connectivity index is 1.53. The fourth-order valence-electron chi connectivity index (χ4n) is 3.46. The number of aromatic nitrogens is 5. The quantitative estimate of drug-likeness (QED) is 0.483. The maximum atomic E-state index is 12.1. The molecular weight excluding hydrogens is 354 g/mol. The summed E-state index contributed by atoms with van der Waals surface area (Å²) in [6.07, 6.45) is 4.16. The van der Waals surface area contributed by atoms with Crippen LogP contribution in [0.2, 0.25) is 0 Å². The smallest absolute Gasteiger partial charge is 0.289 e. The topological polar surface area (TPSA) is 151 Å². The molecule has 0 radical (unpaired) electrons. The number of anilines is 1. The van der Waals surface area contributed by atoms with Gasteiger partial charge in [0.05, 0.1) is 24.6 Å². The molecule has 0 spiro atoms. The van der Waals surface area contributed by atoms with Gasteiger partial charge in [-0.05, 0) is 12.8 Å². The lowest BCUT2D eigenvalue weighted by molar-refractivity contribution is -0.0554. The minimum Gasteiger partial charge on any atom is -0.438 e. The van der Waals surface area contributed by atoms with E-state index in [-0.39, 0.29) is 5.76 Å². The van der Waals surface area contributed by atoms with Crippen molar-refractivity contribution in [1.82, 2.24) is 29.8 Å². The number of imidazole rings is 1. The molecule has 3 aromatic rings. The fraction of sp³-hybridized carbons (Fsp3) is 0.438. The van der Waals surface area contributed by atoms with E-state index in [9.17, 15) is 15.0 Å². The molecule has 3 aromatic heterocycles. The number of oxazole rings is 1. The van der Waals surface area contributed by atoms with Gasteiger partial charge in [-0.3, -0.25) is 4.79 Å². The number of hydrogen-bond acceptors (Lipinski definition) is 9. The first-order valence-electron chi connectivity index (χ1n) is 8.51. The van der Waals surface area contributed by atoms with Gasteiger partial charge in [-0.15, -0.1) is 0 Å². The Labute approximate surface area is 153 Å². The Morgan fingerprint density at radius 3 is 2.85 bits per heavy atom. The molecule has 0 bridgehead atoms. The summed E-state index contributed by atoms with van der Waals surface area (Å²) in [6, 6.07) is -1.03. The van der Waals surface area contributed by atoms with Crippen molar-refractivity contribution >= 4 is 22.9 Å². The van der Waals surface area contributed by atoms with Gasteiger partial charge in [-0.25, -0.2) is 19.9 Å². The zero-order valence-corrected chi connectivity index (χ0v) is 14.5. The van der Waals surface area contributed by atoms with E-state index in [2.05, 4.69) is 30.6 Å².